The maximum atomic E-state index is 13.5. The summed E-state index contributed by atoms with van der Waals surface area (Å²) in [6.07, 6.45) is 3.43. The molecule has 0 unspecified atom stereocenters. The van der Waals surface area contributed by atoms with Crippen molar-refractivity contribution >= 4 is 54.9 Å². The normalized spacial score (nSPS) is 11.3. The van der Waals surface area contributed by atoms with E-state index in [4.69, 9.17) is 9.72 Å². The van der Waals surface area contributed by atoms with Crippen LogP contribution in [0.25, 0.3) is 28.7 Å². The second kappa shape index (κ2) is 8.45. The Morgan fingerprint density at radius 2 is 1.73 bits per heavy atom. The minimum Gasteiger partial charge on any atom is -0.507 e. The summed E-state index contributed by atoms with van der Waals surface area (Å²) in [5.41, 5.74) is 1.54. The average molecular weight is 528 g/mol. The molecular weight excluding hydrogens is 512 g/mol. The lowest BCUT2D eigenvalue weighted by atomic mass is 10.1. The first-order chi connectivity index (χ1) is 14.5. The van der Waals surface area contributed by atoms with E-state index < -0.39 is 0 Å². The minimum absolute atomic E-state index is 0.130. The smallest absolute Gasteiger partial charge is 0.266 e. The summed E-state index contributed by atoms with van der Waals surface area (Å²) in [6.45, 7) is 0. The van der Waals surface area contributed by atoms with Crippen molar-refractivity contribution in [1.29, 1.82) is 0 Å². The fourth-order valence-corrected chi connectivity index (χ4v) is 3.90. The molecule has 5 nitrogen and oxygen atoms in total. The Morgan fingerprint density at radius 1 is 1.00 bits per heavy atom. The van der Waals surface area contributed by atoms with Crippen LogP contribution in [0.2, 0.25) is 0 Å². The molecule has 1 heterocycles. The lowest BCUT2D eigenvalue weighted by Gasteiger charge is -2.14. The van der Waals surface area contributed by atoms with E-state index in [0.29, 0.717) is 33.7 Å². The first-order valence-electron chi connectivity index (χ1n) is 9.00. The van der Waals surface area contributed by atoms with Crippen LogP contribution in [0, 0.1) is 0 Å². The fourth-order valence-electron chi connectivity index (χ4n) is 3.16. The van der Waals surface area contributed by atoms with Gasteiger partial charge in [-0.15, -0.1) is 0 Å². The van der Waals surface area contributed by atoms with Crippen LogP contribution in [-0.2, 0) is 0 Å². The van der Waals surface area contributed by atoms with Gasteiger partial charge in [-0.1, -0.05) is 44.0 Å². The number of halogens is 2. The molecule has 0 saturated heterocycles. The highest BCUT2D eigenvalue weighted by Gasteiger charge is 2.15. The lowest BCUT2D eigenvalue weighted by molar-refractivity contribution is 0.412. The Kier molecular flexibility index (Phi) is 5.74. The number of hydrogen-bond acceptors (Lipinski definition) is 4. The van der Waals surface area contributed by atoms with E-state index in [1.807, 2.05) is 18.2 Å². The summed E-state index contributed by atoms with van der Waals surface area (Å²) in [7, 11) is 1.56. The van der Waals surface area contributed by atoms with Crippen LogP contribution in [0.15, 0.2) is 74.4 Å². The number of hydrogen-bond donors (Lipinski definition) is 1. The Balaban J connectivity index is 2.00. The van der Waals surface area contributed by atoms with Crippen LogP contribution < -0.4 is 10.3 Å². The third kappa shape index (κ3) is 3.91. The van der Waals surface area contributed by atoms with E-state index in [1.54, 1.807) is 61.7 Å². The number of benzene rings is 3. The summed E-state index contributed by atoms with van der Waals surface area (Å²) >= 11 is 6.83. The predicted molar refractivity (Wildman–Crippen MR) is 126 cm³/mol. The molecule has 0 bridgehead atoms. The molecule has 0 atom stereocenters. The minimum atomic E-state index is -0.219. The van der Waals surface area contributed by atoms with Crippen molar-refractivity contribution in [2.75, 3.05) is 7.11 Å². The number of fused-ring (bicyclic) bond motifs is 1. The number of phenols is 1. The third-order valence-corrected chi connectivity index (χ3v) is 5.57. The number of para-hydroxylation sites is 2. The molecule has 4 aromatic rings. The number of phenolic OH excluding ortho intramolecular Hbond substituents is 1. The maximum absolute atomic E-state index is 13.5. The zero-order valence-electron chi connectivity index (χ0n) is 15.8. The molecule has 7 heteroatoms. The van der Waals surface area contributed by atoms with Crippen molar-refractivity contribution in [3.63, 3.8) is 0 Å². The Bertz CT molecular complexity index is 1350. The van der Waals surface area contributed by atoms with Crippen LogP contribution in [0.3, 0.4) is 0 Å². The van der Waals surface area contributed by atoms with Crippen LogP contribution in [0.1, 0.15) is 11.4 Å². The van der Waals surface area contributed by atoms with Gasteiger partial charge in [0.15, 0.2) is 0 Å². The fraction of sp³-hybridized carbons (Fsp3) is 0.0435. The van der Waals surface area contributed by atoms with Gasteiger partial charge >= 0.3 is 0 Å². The first kappa shape index (κ1) is 20.4. The maximum Gasteiger partial charge on any atom is 0.266 e. The van der Waals surface area contributed by atoms with Gasteiger partial charge in [0.2, 0.25) is 0 Å². The molecule has 0 radical (unpaired) electrons. The summed E-state index contributed by atoms with van der Waals surface area (Å²) < 4.78 is 8.62. The van der Waals surface area contributed by atoms with E-state index in [2.05, 4.69) is 31.9 Å². The van der Waals surface area contributed by atoms with Crippen molar-refractivity contribution in [3.8, 4) is 17.2 Å². The zero-order chi connectivity index (χ0) is 21.3. The topological polar surface area (TPSA) is 64.3 Å². The number of rotatable bonds is 4. The molecule has 30 heavy (non-hydrogen) atoms. The monoisotopic (exact) mass is 526 g/mol. The summed E-state index contributed by atoms with van der Waals surface area (Å²) in [4.78, 5) is 18.2. The molecule has 0 saturated carbocycles. The van der Waals surface area contributed by atoms with Gasteiger partial charge in [-0.05, 0) is 60.7 Å². The van der Waals surface area contributed by atoms with Gasteiger partial charge < -0.3 is 9.84 Å². The molecule has 0 amide bonds. The largest absolute Gasteiger partial charge is 0.507 e. The Hall–Kier alpha value is -2.90. The summed E-state index contributed by atoms with van der Waals surface area (Å²) in [5.74, 6) is 1.10. The van der Waals surface area contributed by atoms with Crippen molar-refractivity contribution in [3.05, 3.63) is 91.4 Å². The lowest BCUT2D eigenvalue weighted by Crippen LogP contribution is -2.22. The van der Waals surface area contributed by atoms with Gasteiger partial charge in [-0.25, -0.2) is 4.98 Å². The van der Waals surface area contributed by atoms with Gasteiger partial charge in [0.25, 0.3) is 5.56 Å². The molecule has 1 N–H and O–H groups in total. The van der Waals surface area contributed by atoms with E-state index in [9.17, 15) is 9.90 Å². The summed E-state index contributed by atoms with van der Waals surface area (Å²) in [6, 6.07) is 17.8. The molecule has 0 fully saturated rings. The van der Waals surface area contributed by atoms with Crippen molar-refractivity contribution in [2.45, 2.75) is 0 Å². The molecule has 0 aliphatic carbocycles. The number of aromatic nitrogens is 2. The van der Waals surface area contributed by atoms with Crippen LogP contribution in [0.4, 0.5) is 0 Å². The number of ether oxygens (including phenoxy) is 1. The molecular formula is C23H16Br2N2O3. The molecule has 1 aromatic heterocycles. The average Bonchev–Trinajstić information content (AvgIpc) is 2.75. The highest BCUT2D eigenvalue weighted by atomic mass is 79.9. The van der Waals surface area contributed by atoms with E-state index >= 15 is 0 Å². The van der Waals surface area contributed by atoms with Gasteiger partial charge in [-0.2, -0.15) is 0 Å². The van der Waals surface area contributed by atoms with Crippen molar-refractivity contribution < 1.29 is 9.84 Å². The zero-order valence-corrected chi connectivity index (χ0v) is 19.0. The first-order valence-corrected chi connectivity index (χ1v) is 10.6. The van der Waals surface area contributed by atoms with Crippen molar-refractivity contribution in [1.82, 2.24) is 9.55 Å². The van der Waals surface area contributed by atoms with Gasteiger partial charge in [-0.3, -0.25) is 9.36 Å². The second-order valence-corrected chi connectivity index (χ2v) is 8.31. The molecule has 0 spiro atoms. The molecule has 150 valence electrons. The molecule has 0 aliphatic heterocycles. The third-order valence-electron chi connectivity index (χ3n) is 4.58. The second-order valence-electron chi connectivity index (χ2n) is 6.48. The van der Waals surface area contributed by atoms with Gasteiger partial charge in [0.1, 0.15) is 17.3 Å². The predicted octanol–water partition coefficient (Wildman–Crippen LogP) is 5.80. The number of nitrogens with zero attached hydrogens (tertiary/aromatic N) is 2. The van der Waals surface area contributed by atoms with E-state index in [-0.39, 0.29) is 11.3 Å². The molecule has 3 aromatic carbocycles. The highest BCUT2D eigenvalue weighted by molar-refractivity contribution is 9.10. The molecule has 0 aliphatic rings. The van der Waals surface area contributed by atoms with E-state index in [0.717, 1.165) is 8.95 Å². The van der Waals surface area contributed by atoms with E-state index in [1.165, 1.54) is 4.57 Å². The van der Waals surface area contributed by atoms with Crippen molar-refractivity contribution in [2.24, 2.45) is 0 Å². The SMILES string of the molecule is COc1ccccc1-n1c(/C=C/c2cc(Br)ccc2O)nc2ccc(Br)cc2c1=O. The van der Waals surface area contributed by atoms with Gasteiger partial charge in [0.05, 0.1) is 23.7 Å². The highest BCUT2D eigenvalue weighted by Crippen LogP contribution is 2.27. The summed E-state index contributed by atoms with van der Waals surface area (Å²) in [5, 5.41) is 10.6. The van der Waals surface area contributed by atoms with Crippen LogP contribution in [-0.4, -0.2) is 21.8 Å². The van der Waals surface area contributed by atoms with Crippen LogP contribution in [0.5, 0.6) is 11.5 Å². The Labute approximate surface area is 189 Å². The standard InChI is InChI=1S/C23H16Br2N2O3/c1-30-21-5-3-2-4-19(21)27-22(11-6-14-12-15(24)8-10-20(14)28)26-18-9-7-16(25)13-17(18)23(27)29/h2-13,28H,1H3/b11-6+. The number of aromatic hydroxyl groups is 1. The quantitative estimate of drug-likeness (QED) is 0.364. The Morgan fingerprint density at radius 3 is 2.53 bits per heavy atom. The number of methoxy groups -OCH3 is 1. The van der Waals surface area contributed by atoms with Gasteiger partial charge in [0, 0.05) is 14.5 Å². The van der Waals surface area contributed by atoms with Crippen LogP contribution >= 0.6 is 31.9 Å². The molecule has 4 rings (SSSR count).